The molecule has 1 aliphatic carbocycles. The summed E-state index contributed by atoms with van der Waals surface area (Å²) in [6, 6.07) is 0.633. The largest absolute Gasteiger partial charge is 0.480 e. The van der Waals surface area contributed by atoms with Crippen LogP contribution in [0.1, 0.15) is 39.0 Å². The van der Waals surface area contributed by atoms with Gasteiger partial charge in [0.05, 0.1) is 0 Å². The third-order valence-electron chi connectivity index (χ3n) is 3.80. The lowest BCUT2D eigenvalue weighted by molar-refractivity contribution is -0.148. The Balaban J connectivity index is 2.19. The second-order valence-electron chi connectivity index (χ2n) is 4.84. The summed E-state index contributed by atoms with van der Waals surface area (Å²) in [6.45, 7) is 3.06. The van der Waals surface area contributed by atoms with E-state index in [4.69, 9.17) is 5.73 Å². The monoisotopic (exact) mass is 212 g/mol. The first kappa shape index (κ1) is 10.9. The van der Waals surface area contributed by atoms with E-state index in [0.717, 1.165) is 19.4 Å². The quantitative estimate of drug-likeness (QED) is 0.726. The second kappa shape index (κ2) is 3.76. The van der Waals surface area contributed by atoms with Gasteiger partial charge in [-0.3, -0.25) is 9.69 Å². The normalized spacial score (nSPS) is 37.9. The van der Waals surface area contributed by atoms with Crippen molar-refractivity contribution in [1.82, 2.24) is 4.90 Å². The standard InChI is InChI=1S/C11H20N2O2/c1-2-9-11(12,10(14)15)6-3-7-13(9)8-4-5-8/h8-9H,2-7,12H2,1H3,(H,14,15). The molecule has 2 fully saturated rings. The minimum Gasteiger partial charge on any atom is -0.480 e. The summed E-state index contributed by atoms with van der Waals surface area (Å²) in [6.07, 6.45) is 4.79. The molecule has 0 spiro atoms. The van der Waals surface area contributed by atoms with Crippen LogP contribution in [0.15, 0.2) is 0 Å². The van der Waals surface area contributed by atoms with Gasteiger partial charge in [-0.15, -0.1) is 0 Å². The molecule has 0 aromatic heterocycles. The molecule has 2 unspecified atom stereocenters. The number of hydrogen-bond donors (Lipinski definition) is 2. The van der Waals surface area contributed by atoms with E-state index < -0.39 is 11.5 Å². The summed E-state index contributed by atoms with van der Waals surface area (Å²) in [5.41, 5.74) is 5.05. The molecule has 4 heteroatoms. The summed E-state index contributed by atoms with van der Waals surface area (Å²) in [5.74, 6) is -0.834. The van der Waals surface area contributed by atoms with Crippen LogP contribution in [0.25, 0.3) is 0 Å². The summed E-state index contributed by atoms with van der Waals surface area (Å²) in [5, 5.41) is 9.27. The van der Waals surface area contributed by atoms with Gasteiger partial charge in [0.25, 0.3) is 0 Å². The highest BCUT2D eigenvalue weighted by atomic mass is 16.4. The van der Waals surface area contributed by atoms with Crippen LogP contribution in [0.4, 0.5) is 0 Å². The lowest BCUT2D eigenvalue weighted by Gasteiger charge is -2.45. The van der Waals surface area contributed by atoms with Crippen molar-refractivity contribution < 1.29 is 9.90 Å². The number of piperidine rings is 1. The van der Waals surface area contributed by atoms with Gasteiger partial charge in [-0.05, 0) is 38.6 Å². The molecule has 0 aromatic rings. The summed E-state index contributed by atoms with van der Waals surface area (Å²) in [7, 11) is 0. The number of rotatable bonds is 3. The zero-order valence-corrected chi connectivity index (χ0v) is 9.28. The van der Waals surface area contributed by atoms with E-state index in [1.807, 2.05) is 6.92 Å². The van der Waals surface area contributed by atoms with Crippen molar-refractivity contribution in [2.24, 2.45) is 5.73 Å². The van der Waals surface area contributed by atoms with Gasteiger partial charge in [-0.25, -0.2) is 0 Å². The van der Waals surface area contributed by atoms with Crippen molar-refractivity contribution in [2.75, 3.05) is 6.54 Å². The molecule has 1 saturated carbocycles. The Hall–Kier alpha value is -0.610. The van der Waals surface area contributed by atoms with Gasteiger partial charge >= 0.3 is 5.97 Å². The predicted molar refractivity (Wildman–Crippen MR) is 57.6 cm³/mol. The van der Waals surface area contributed by atoms with Crippen LogP contribution < -0.4 is 5.73 Å². The molecule has 1 aliphatic heterocycles. The fourth-order valence-corrected chi connectivity index (χ4v) is 2.86. The van der Waals surface area contributed by atoms with Crippen molar-refractivity contribution in [3.63, 3.8) is 0 Å². The SMILES string of the molecule is CCC1N(C2CC2)CCCC1(N)C(=O)O. The fraction of sp³-hybridized carbons (Fsp3) is 0.909. The summed E-state index contributed by atoms with van der Waals surface area (Å²) < 4.78 is 0. The van der Waals surface area contributed by atoms with Crippen LogP contribution in [-0.4, -0.2) is 40.1 Å². The highest BCUT2D eigenvalue weighted by Gasteiger charge is 2.49. The van der Waals surface area contributed by atoms with Gasteiger partial charge in [-0.2, -0.15) is 0 Å². The van der Waals surface area contributed by atoms with E-state index >= 15 is 0 Å². The summed E-state index contributed by atoms with van der Waals surface area (Å²) >= 11 is 0. The molecule has 1 saturated heterocycles. The molecule has 0 aromatic carbocycles. The van der Waals surface area contributed by atoms with Crippen LogP contribution in [0, 0.1) is 0 Å². The zero-order valence-electron chi connectivity index (χ0n) is 9.28. The molecule has 2 rings (SSSR count). The van der Waals surface area contributed by atoms with E-state index in [9.17, 15) is 9.90 Å². The fourth-order valence-electron chi connectivity index (χ4n) is 2.86. The molecule has 0 radical (unpaired) electrons. The lowest BCUT2D eigenvalue weighted by atomic mass is 9.80. The third-order valence-corrected chi connectivity index (χ3v) is 3.80. The van der Waals surface area contributed by atoms with Gasteiger partial charge in [0.15, 0.2) is 0 Å². The Morgan fingerprint density at radius 1 is 1.60 bits per heavy atom. The Labute approximate surface area is 90.4 Å². The van der Waals surface area contributed by atoms with Crippen LogP contribution in [0.3, 0.4) is 0 Å². The van der Waals surface area contributed by atoms with Crippen molar-refractivity contribution in [3.05, 3.63) is 0 Å². The van der Waals surface area contributed by atoms with E-state index in [1.54, 1.807) is 0 Å². The summed E-state index contributed by atoms with van der Waals surface area (Å²) in [4.78, 5) is 13.6. The number of nitrogens with zero attached hydrogens (tertiary/aromatic N) is 1. The van der Waals surface area contributed by atoms with Crippen LogP contribution >= 0.6 is 0 Å². The molecule has 0 bridgehead atoms. The highest BCUT2D eigenvalue weighted by Crippen LogP contribution is 2.37. The first-order chi connectivity index (χ1) is 7.09. The first-order valence-corrected chi connectivity index (χ1v) is 5.87. The van der Waals surface area contributed by atoms with Gasteiger partial charge in [0.1, 0.15) is 5.54 Å². The van der Waals surface area contributed by atoms with Crippen molar-refractivity contribution in [2.45, 2.75) is 56.7 Å². The number of carboxylic acid groups (broad SMARTS) is 1. The molecule has 2 aliphatic rings. The van der Waals surface area contributed by atoms with E-state index in [-0.39, 0.29) is 6.04 Å². The average molecular weight is 212 g/mol. The third kappa shape index (κ3) is 1.76. The molecule has 2 atom stereocenters. The molecule has 86 valence electrons. The van der Waals surface area contributed by atoms with Gasteiger partial charge in [0, 0.05) is 12.1 Å². The van der Waals surface area contributed by atoms with Crippen molar-refractivity contribution in [1.29, 1.82) is 0 Å². The second-order valence-corrected chi connectivity index (χ2v) is 4.84. The smallest absolute Gasteiger partial charge is 0.325 e. The minimum atomic E-state index is -1.02. The van der Waals surface area contributed by atoms with Gasteiger partial charge in [-0.1, -0.05) is 6.92 Å². The van der Waals surface area contributed by atoms with Crippen LogP contribution in [-0.2, 0) is 4.79 Å². The Morgan fingerprint density at radius 2 is 2.27 bits per heavy atom. The molecule has 0 amide bonds. The van der Waals surface area contributed by atoms with Crippen molar-refractivity contribution in [3.8, 4) is 0 Å². The van der Waals surface area contributed by atoms with E-state index in [1.165, 1.54) is 12.8 Å². The Morgan fingerprint density at radius 3 is 2.73 bits per heavy atom. The zero-order chi connectivity index (χ0) is 11.1. The topological polar surface area (TPSA) is 66.6 Å². The number of nitrogens with two attached hydrogens (primary N) is 1. The molecule has 1 heterocycles. The number of aliphatic carboxylic acids is 1. The Kier molecular flexibility index (Phi) is 2.73. The van der Waals surface area contributed by atoms with E-state index in [2.05, 4.69) is 4.90 Å². The van der Waals surface area contributed by atoms with Gasteiger partial charge in [0.2, 0.25) is 0 Å². The predicted octanol–water partition coefficient (Wildman–Crippen LogP) is 0.805. The number of carbonyl (C=O) groups is 1. The first-order valence-electron chi connectivity index (χ1n) is 5.87. The van der Waals surface area contributed by atoms with Crippen LogP contribution in [0.2, 0.25) is 0 Å². The number of hydrogen-bond acceptors (Lipinski definition) is 3. The maximum Gasteiger partial charge on any atom is 0.325 e. The molecule has 15 heavy (non-hydrogen) atoms. The number of likely N-dealkylation sites (tertiary alicyclic amines) is 1. The molecule has 3 N–H and O–H groups in total. The minimum absolute atomic E-state index is 0.0243. The Bertz CT molecular complexity index is 265. The molecular weight excluding hydrogens is 192 g/mol. The van der Waals surface area contributed by atoms with Crippen molar-refractivity contribution >= 4 is 5.97 Å². The van der Waals surface area contributed by atoms with Crippen LogP contribution in [0.5, 0.6) is 0 Å². The average Bonchev–Trinajstić information content (AvgIpc) is 3.00. The molecular formula is C11H20N2O2. The lowest BCUT2D eigenvalue weighted by Crippen LogP contribution is -2.66. The number of carboxylic acids is 1. The van der Waals surface area contributed by atoms with Gasteiger partial charge < -0.3 is 10.8 Å². The maximum atomic E-state index is 11.3. The molecule has 4 nitrogen and oxygen atoms in total. The maximum absolute atomic E-state index is 11.3. The van der Waals surface area contributed by atoms with E-state index in [0.29, 0.717) is 12.5 Å². The highest BCUT2D eigenvalue weighted by molar-refractivity contribution is 5.79.